The molecular formula is C10H12FN3O2. The number of carboxylic acid groups (broad SMARTS) is 1. The van der Waals surface area contributed by atoms with Gasteiger partial charge in [-0.2, -0.15) is 0 Å². The summed E-state index contributed by atoms with van der Waals surface area (Å²) in [6, 6.07) is 0.107. The summed E-state index contributed by atoms with van der Waals surface area (Å²) in [5, 5.41) is 11.8. The van der Waals surface area contributed by atoms with Crippen molar-refractivity contribution < 1.29 is 14.3 Å². The van der Waals surface area contributed by atoms with E-state index in [1.54, 1.807) is 0 Å². The third kappa shape index (κ3) is 2.10. The Bertz CT molecular complexity index is 393. The van der Waals surface area contributed by atoms with Gasteiger partial charge in [0, 0.05) is 18.4 Å². The second-order valence-electron chi connectivity index (χ2n) is 3.89. The molecule has 1 aromatic heterocycles. The van der Waals surface area contributed by atoms with E-state index >= 15 is 0 Å². The van der Waals surface area contributed by atoms with Crippen molar-refractivity contribution in [1.82, 2.24) is 9.97 Å². The number of carboxylic acids is 1. The highest BCUT2D eigenvalue weighted by Crippen LogP contribution is 2.30. The summed E-state index contributed by atoms with van der Waals surface area (Å²) in [6.07, 6.45) is 4.19. The van der Waals surface area contributed by atoms with Gasteiger partial charge >= 0.3 is 5.97 Å². The zero-order valence-electron chi connectivity index (χ0n) is 8.56. The van der Waals surface area contributed by atoms with Crippen LogP contribution in [0.15, 0.2) is 12.4 Å². The van der Waals surface area contributed by atoms with Gasteiger partial charge in [-0.1, -0.05) is 0 Å². The fourth-order valence-electron chi connectivity index (χ4n) is 1.77. The van der Waals surface area contributed by atoms with E-state index in [-0.39, 0.29) is 30.1 Å². The minimum atomic E-state index is -1.11. The largest absolute Gasteiger partial charge is 0.476 e. The molecule has 0 spiro atoms. The normalized spacial score (nSPS) is 23.6. The van der Waals surface area contributed by atoms with E-state index in [1.165, 1.54) is 12.4 Å². The van der Waals surface area contributed by atoms with E-state index in [0.29, 0.717) is 12.8 Å². The molecule has 0 unspecified atom stereocenters. The number of alkyl halides is 1. The van der Waals surface area contributed by atoms with Crippen LogP contribution in [-0.4, -0.2) is 33.8 Å². The van der Waals surface area contributed by atoms with Crippen LogP contribution in [0.4, 0.5) is 10.2 Å². The van der Waals surface area contributed by atoms with Crippen LogP contribution in [0.1, 0.15) is 23.3 Å². The van der Waals surface area contributed by atoms with Crippen molar-refractivity contribution in [2.24, 2.45) is 5.92 Å². The third-order valence-corrected chi connectivity index (χ3v) is 2.70. The van der Waals surface area contributed by atoms with Crippen LogP contribution < -0.4 is 5.32 Å². The number of nitrogens with one attached hydrogen (secondary N) is 1. The number of aromatic carboxylic acids is 1. The lowest BCUT2D eigenvalue weighted by atomic mass is 9.81. The van der Waals surface area contributed by atoms with E-state index in [9.17, 15) is 9.18 Å². The first-order valence-electron chi connectivity index (χ1n) is 5.07. The Balaban J connectivity index is 2.02. The van der Waals surface area contributed by atoms with Crippen molar-refractivity contribution in [3.63, 3.8) is 0 Å². The zero-order chi connectivity index (χ0) is 11.5. The lowest BCUT2D eigenvalue weighted by molar-refractivity contribution is 0.0691. The number of aromatic nitrogens is 2. The van der Waals surface area contributed by atoms with Crippen molar-refractivity contribution in [2.75, 3.05) is 12.0 Å². The van der Waals surface area contributed by atoms with Crippen LogP contribution in [0.25, 0.3) is 0 Å². The summed E-state index contributed by atoms with van der Waals surface area (Å²) in [5.74, 6) is -0.753. The molecule has 6 heteroatoms. The van der Waals surface area contributed by atoms with Crippen LogP contribution in [0, 0.1) is 5.92 Å². The molecule has 1 heterocycles. The quantitative estimate of drug-likeness (QED) is 0.808. The molecule has 1 aliphatic carbocycles. The van der Waals surface area contributed by atoms with Crippen LogP contribution in [0.5, 0.6) is 0 Å². The van der Waals surface area contributed by atoms with Gasteiger partial charge in [0.1, 0.15) is 0 Å². The molecule has 1 fully saturated rings. The van der Waals surface area contributed by atoms with Gasteiger partial charge in [-0.15, -0.1) is 0 Å². The number of hydrogen-bond acceptors (Lipinski definition) is 4. The first kappa shape index (κ1) is 10.8. The number of hydrogen-bond donors (Lipinski definition) is 2. The van der Waals surface area contributed by atoms with Gasteiger partial charge in [0.05, 0.1) is 6.67 Å². The molecule has 2 rings (SSSR count). The number of rotatable bonds is 4. The molecule has 5 nitrogen and oxygen atoms in total. The van der Waals surface area contributed by atoms with Crippen LogP contribution >= 0.6 is 0 Å². The van der Waals surface area contributed by atoms with E-state index in [4.69, 9.17) is 5.11 Å². The van der Waals surface area contributed by atoms with Crippen molar-refractivity contribution in [1.29, 1.82) is 0 Å². The fourth-order valence-corrected chi connectivity index (χ4v) is 1.77. The molecule has 1 aromatic rings. The molecule has 0 atom stereocenters. The summed E-state index contributed by atoms with van der Waals surface area (Å²) in [6.45, 7) is -0.315. The number of carbonyl (C=O) groups is 1. The predicted molar refractivity (Wildman–Crippen MR) is 55.1 cm³/mol. The van der Waals surface area contributed by atoms with Crippen molar-refractivity contribution in [3.8, 4) is 0 Å². The number of nitrogens with zero attached hydrogens (tertiary/aromatic N) is 2. The molecule has 0 saturated heterocycles. The van der Waals surface area contributed by atoms with Gasteiger partial charge in [-0.05, 0) is 18.8 Å². The molecular weight excluding hydrogens is 213 g/mol. The van der Waals surface area contributed by atoms with E-state index in [1.807, 2.05) is 0 Å². The monoisotopic (exact) mass is 225 g/mol. The van der Waals surface area contributed by atoms with Gasteiger partial charge < -0.3 is 10.4 Å². The Labute approximate surface area is 91.7 Å². The molecule has 1 aliphatic rings. The molecule has 1 saturated carbocycles. The lowest BCUT2D eigenvalue weighted by Crippen LogP contribution is -2.37. The van der Waals surface area contributed by atoms with Crippen LogP contribution in [-0.2, 0) is 0 Å². The Morgan fingerprint density at radius 2 is 2.19 bits per heavy atom. The molecule has 0 aliphatic heterocycles. The fraction of sp³-hybridized carbons (Fsp3) is 0.500. The number of halogens is 1. The summed E-state index contributed by atoms with van der Waals surface area (Å²) in [5.41, 5.74) is -0.0915. The van der Waals surface area contributed by atoms with Crippen LogP contribution in [0.2, 0.25) is 0 Å². The van der Waals surface area contributed by atoms with Gasteiger partial charge in [0.15, 0.2) is 11.5 Å². The number of anilines is 1. The van der Waals surface area contributed by atoms with Crippen molar-refractivity contribution in [3.05, 3.63) is 18.1 Å². The van der Waals surface area contributed by atoms with Crippen molar-refractivity contribution in [2.45, 2.75) is 18.9 Å². The minimum Gasteiger partial charge on any atom is -0.476 e. The SMILES string of the molecule is O=C(O)c1nccnc1NC1CC(CF)C1. The summed E-state index contributed by atoms with van der Waals surface area (Å²) in [4.78, 5) is 18.5. The first-order chi connectivity index (χ1) is 7.70. The van der Waals surface area contributed by atoms with Crippen LogP contribution in [0.3, 0.4) is 0 Å². The third-order valence-electron chi connectivity index (χ3n) is 2.70. The smallest absolute Gasteiger partial charge is 0.358 e. The van der Waals surface area contributed by atoms with Crippen molar-refractivity contribution >= 4 is 11.8 Å². The second kappa shape index (κ2) is 4.42. The highest BCUT2D eigenvalue weighted by molar-refractivity contribution is 5.90. The highest BCUT2D eigenvalue weighted by Gasteiger charge is 2.30. The van der Waals surface area contributed by atoms with Gasteiger partial charge in [0.2, 0.25) is 0 Å². The van der Waals surface area contributed by atoms with Gasteiger partial charge in [-0.25, -0.2) is 14.8 Å². The average molecular weight is 225 g/mol. The first-order valence-corrected chi connectivity index (χ1v) is 5.07. The Hall–Kier alpha value is -1.72. The Morgan fingerprint density at radius 1 is 1.50 bits per heavy atom. The average Bonchev–Trinajstić information content (AvgIpc) is 2.23. The molecule has 2 N–H and O–H groups in total. The summed E-state index contributed by atoms with van der Waals surface area (Å²) in [7, 11) is 0. The summed E-state index contributed by atoms with van der Waals surface area (Å²) < 4.78 is 12.2. The molecule has 86 valence electrons. The van der Waals surface area contributed by atoms with E-state index < -0.39 is 5.97 Å². The highest BCUT2D eigenvalue weighted by atomic mass is 19.1. The van der Waals surface area contributed by atoms with E-state index in [0.717, 1.165) is 0 Å². The zero-order valence-corrected chi connectivity index (χ0v) is 8.56. The standard InChI is InChI=1S/C10H12FN3O2/c11-5-6-3-7(4-6)14-9-8(10(15)16)12-1-2-13-9/h1-2,6-7H,3-5H2,(H,13,14)(H,15,16). The molecule has 0 bridgehead atoms. The Kier molecular flexibility index (Phi) is 2.98. The Morgan fingerprint density at radius 3 is 2.81 bits per heavy atom. The van der Waals surface area contributed by atoms with Gasteiger partial charge in [0.25, 0.3) is 0 Å². The molecule has 16 heavy (non-hydrogen) atoms. The maximum atomic E-state index is 12.2. The summed E-state index contributed by atoms with van der Waals surface area (Å²) >= 11 is 0. The maximum absolute atomic E-state index is 12.2. The topological polar surface area (TPSA) is 75.1 Å². The molecule has 0 aromatic carbocycles. The lowest BCUT2D eigenvalue weighted by Gasteiger charge is -2.34. The molecule has 0 amide bonds. The van der Waals surface area contributed by atoms with E-state index in [2.05, 4.69) is 15.3 Å². The predicted octanol–water partition coefficient (Wildman–Crippen LogP) is 1.33. The maximum Gasteiger partial charge on any atom is 0.358 e. The molecule has 0 radical (unpaired) electrons. The minimum absolute atomic E-state index is 0.0915. The second-order valence-corrected chi connectivity index (χ2v) is 3.89. The van der Waals surface area contributed by atoms with Gasteiger partial charge in [-0.3, -0.25) is 4.39 Å².